The van der Waals surface area contributed by atoms with Crippen molar-refractivity contribution in [2.24, 2.45) is 5.73 Å². The largest absolute Gasteiger partial charge is 0.481 e. The van der Waals surface area contributed by atoms with Crippen LogP contribution in [0.25, 0.3) is 0 Å². The van der Waals surface area contributed by atoms with Gasteiger partial charge in [0.2, 0.25) is 23.6 Å². The summed E-state index contributed by atoms with van der Waals surface area (Å²) in [5.41, 5.74) is 5.09. The van der Waals surface area contributed by atoms with Crippen LogP contribution in [-0.2, 0) is 28.8 Å². The van der Waals surface area contributed by atoms with Crippen molar-refractivity contribution in [1.82, 2.24) is 21.3 Å². The van der Waals surface area contributed by atoms with Crippen molar-refractivity contribution < 1.29 is 44.1 Å². The van der Waals surface area contributed by atoms with E-state index in [4.69, 9.17) is 15.9 Å². The van der Waals surface area contributed by atoms with Gasteiger partial charge in [-0.1, -0.05) is 0 Å². The maximum absolute atomic E-state index is 12.4. The fourth-order valence-electron chi connectivity index (χ4n) is 2.70. The molecule has 14 nitrogen and oxygen atoms in total. The molecule has 0 aromatic rings. The van der Waals surface area contributed by atoms with Gasteiger partial charge >= 0.3 is 11.9 Å². The molecule has 0 saturated carbocycles. The zero-order chi connectivity index (χ0) is 22.8. The van der Waals surface area contributed by atoms with E-state index in [1.807, 2.05) is 5.32 Å². The van der Waals surface area contributed by atoms with Crippen molar-refractivity contribution in [3.05, 3.63) is 0 Å². The number of aliphatic carboxylic acids is 2. The van der Waals surface area contributed by atoms with E-state index in [1.165, 1.54) is 0 Å². The summed E-state index contributed by atoms with van der Waals surface area (Å²) in [6.45, 7) is -0.350. The number of hydrogen-bond donors (Lipinski definition) is 8. The molecule has 1 rings (SSSR count). The molecule has 4 unspecified atom stereocenters. The molecule has 0 aromatic heterocycles. The van der Waals surface area contributed by atoms with Crippen LogP contribution in [0.2, 0.25) is 0 Å². The average Bonchev–Trinajstić information content (AvgIpc) is 3.18. The second-order valence-electron chi connectivity index (χ2n) is 6.62. The second-order valence-corrected chi connectivity index (χ2v) is 6.62. The number of carboxylic acid groups (broad SMARTS) is 2. The second kappa shape index (κ2) is 11.7. The van der Waals surface area contributed by atoms with E-state index in [9.17, 15) is 33.9 Å². The zero-order valence-electron chi connectivity index (χ0n) is 15.9. The Hall–Kier alpha value is -3.26. The first-order chi connectivity index (χ1) is 14.0. The summed E-state index contributed by atoms with van der Waals surface area (Å²) in [4.78, 5) is 69.8. The molecule has 1 heterocycles. The average molecular weight is 431 g/mol. The van der Waals surface area contributed by atoms with Gasteiger partial charge in [0.1, 0.15) is 18.1 Å². The van der Waals surface area contributed by atoms with Gasteiger partial charge in [-0.25, -0.2) is 4.79 Å². The van der Waals surface area contributed by atoms with E-state index in [2.05, 4.69) is 16.0 Å². The summed E-state index contributed by atoms with van der Waals surface area (Å²) in [6, 6.07) is -5.45. The third-order valence-electron chi connectivity index (χ3n) is 4.22. The van der Waals surface area contributed by atoms with Crippen molar-refractivity contribution in [3.63, 3.8) is 0 Å². The molecule has 0 aromatic carbocycles. The monoisotopic (exact) mass is 431 g/mol. The molecule has 0 radical (unpaired) electrons. The fourth-order valence-corrected chi connectivity index (χ4v) is 2.70. The predicted molar refractivity (Wildman–Crippen MR) is 97.6 cm³/mol. The quantitative estimate of drug-likeness (QED) is 0.148. The van der Waals surface area contributed by atoms with E-state index in [1.54, 1.807) is 0 Å². The Balaban J connectivity index is 2.80. The van der Waals surface area contributed by atoms with Crippen molar-refractivity contribution in [2.45, 2.75) is 49.9 Å². The van der Waals surface area contributed by atoms with Gasteiger partial charge in [-0.15, -0.1) is 0 Å². The SMILES string of the molecule is NC(=O)CC(NC(=O)C1CCCN1)C(=O)NC(CO)C(=O)NC(CC(=O)O)C(=O)O. The van der Waals surface area contributed by atoms with Crippen molar-refractivity contribution in [3.8, 4) is 0 Å². The Bertz CT molecular complexity index is 693. The summed E-state index contributed by atoms with van der Waals surface area (Å²) >= 11 is 0. The highest BCUT2D eigenvalue weighted by molar-refractivity contribution is 5.96. The Morgan fingerprint density at radius 3 is 2.00 bits per heavy atom. The van der Waals surface area contributed by atoms with Gasteiger partial charge in [-0.05, 0) is 19.4 Å². The molecule has 30 heavy (non-hydrogen) atoms. The first-order valence-electron chi connectivity index (χ1n) is 9.03. The van der Waals surface area contributed by atoms with Gasteiger partial charge < -0.3 is 42.3 Å². The van der Waals surface area contributed by atoms with Crippen molar-refractivity contribution in [2.75, 3.05) is 13.2 Å². The molecule has 1 saturated heterocycles. The lowest BCUT2D eigenvalue weighted by Crippen LogP contribution is -2.58. The first-order valence-corrected chi connectivity index (χ1v) is 9.03. The number of aliphatic hydroxyl groups excluding tert-OH is 1. The Morgan fingerprint density at radius 2 is 1.53 bits per heavy atom. The predicted octanol–water partition coefficient (Wildman–Crippen LogP) is -4.38. The molecule has 0 aliphatic carbocycles. The smallest absolute Gasteiger partial charge is 0.326 e. The number of carbonyl (C=O) groups is 6. The van der Waals surface area contributed by atoms with Gasteiger partial charge in [0.25, 0.3) is 0 Å². The van der Waals surface area contributed by atoms with E-state index < -0.39 is 79.2 Å². The third kappa shape index (κ3) is 8.00. The summed E-state index contributed by atoms with van der Waals surface area (Å²) < 4.78 is 0. The number of aliphatic hydroxyl groups is 1. The minimum Gasteiger partial charge on any atom is -0.481 e. The fraction of sp³-hybridized carbons (Fsp3) is 0.625. The number of amides is 4. The van der Waals surface area contributed by atoms with Crippen LogP contribution in [0.15, 0.2) is 0 Å². The first kappa shape index (κ1) is 24.8. The highest BCUT2D eigenvalue weighted by Crippen LogP contribution is 2.06. The molecule has 14 heteroatoms. The molecule has 0 spiro atoms. The molecule has 4 amide bonds. The topological polar surface area (TPSA) is 237 Å². The number of hydrogen-bond acceptors (Lipinski definition) is 8. The molecule has 9 N–H and O–H groups in total. The summed E-state index contributed by atoms with van der Waals surface area (Å²) in [6.07, 6.45) is -0.236. The van der Waals surface area contributed by atoms with E-state index in [0.717, 1.165) is 6.42 Å². The third-order valence-corrected chi connectivity index (χ3v) is 4.22. The standard InChI is InChI=1S/C16H25N5O9/c17-11(23)4-8(19-13(26)7-2-1-3-18-7)14(27)21-10(6-22)15(28)20-9(16(29)30)5-12(24)25/h7-10,18,22H,1-6H2,(H2,17,23)(H,19,26)(H,20,28)(H,21,27)(H,24,25)(H,29,30). The Morgan fingerprint density at radius 1 is 0.933 bits per heavy atom. The van der Waals surface area contributed by atoms with Crippen LogP contribution in [0.5, 0.6) is 0 Å². The van der Waals surface area contributed by atoms with Crippen molar-refractivity contribution >= 4 is 35.6 Å². The van der Waals surface area contributed by atoms with Crippen LogP contribution < -0.4 is 27.0 Å². The number of carboxylic acids is 2. The highest BCUT2D eigenvalue weighted by Gasteiger charge is 2.32. The lowest BCUT2D eigenvalue weighted by atomic mass is 10.1. The number of primary amides is 1. The minimum absolute atomic E-state index is 0.526. The lowest BCUT2D eigenvalue weighted by Gasteiger charge is -2.23. The molecule has 1 aliphatic rings. The zero-order valence-corrected chi connectivity index (χ0v) is 15.9. The van der Waals surface area contributed by atoms with Gasteiger partial charge in [-0.2, -0.15) is 0 Å². The molecular formula is C16H25N5O9. The normalized spacial score (nSPS) is 18.5. The Labute approximate surface area is 170 Å². The number of nitrogens with one attached hydrogen (secondary N) is 4. The molecular weight excluding hydrogens is 406 g/mol. The van der Waals surface area contributed by atoms with Crippen LogP contribution in [0.3, 0.4) is 0 Å². The molecule has 1 aliphatic heterocycles. The van der Waals surface area contributed by atoms with Crippen LogP contribution in [0.1, 0.15) is 25.7 Å². The van der Waals surface area contributed by atoms with Gasteiger partial charge in [0.15, 0.2) is 0 Å². The van der Waals surface area contributed by atoms with E-state index >= 15 is 0 Å². The minimum atomic E-state index is -1.80. The van der Waals surface area contributed by atoms with Gasteiger partial charge in [0, 0.05) is 0 Å². The van der Waals surface area contributed by atoms with E-state index in [0.29, 0.717) is 13.0 Å². The lowest BCUT2D eigenvalue weighted by molar-refractivity contribution is -0.147. The molecule has 4 atom stereocenters. The highest BCUT2D eigenvalue weighted by atomic mass is 16.4. The maximum atomic E-state index is 12.4. The van der Waals surface area contributed by atoms with Gasteiger partial charge in [0.05, 0.1) is 25.5 Å². The summed E-state index contributed by atoms with van der Waals surface area (Å²) in [7, 11) is 0. The van der Waals surface area contributed by atoms with Crippen LogP contribution in [0.4, 0.5) is 0 Å². The van der Waals surface area contributed by atoms with Crippen LogP contribution >= 0.6 is 0 Å². The van der Waals surface area contributed by atoms with Crippen molar-refractivity contribution in [1.29, 1.82) is 0 Å². The number of carbonyl (C=O) groups excluding carboxylic acids is 4. The van der Waals surface area contributed by atoms with Crippen LogP contribution in [-0.4, -0.2) is 88.2 Å². The maximum Gasteiger partial charge on any atom is 0.326 e. The number of nitrogens with two attached hydrogens (primary N) is 1. The van der Waals surface area contributed by atoms with Crippen LogP contribution in [0, 0.1) is 0 Å². The van der Waals surface area contributed by atoms with Gasteiger partial charge in [-0.3, -0.25) is 24.0 Å². The summed E-state index contributed by atoms with van der Waals surface area (Å²) in [5.74, 6) is -6.76. The Kier molecular flexibility index (Phi) is 9.64. The molecule has 0 bridgehead atoms. The van der Waals surface area contributed by atoms with E-state index in [-0.39, 0.29) is 0 Å². The summed E-state index contributed by atoms with van der Waals surface area (Å²) in [5, 5.41) is 36.2. The molecule has 1 fully saturated rings. The number of rotatable bonds is 12. The molecule has 168 valence electrons.